The van der Waals surface area contributed by atoms with Gasteiger partial charge in [0.25, 0.3) is 0 Å². The summed E-state index contributed by atoms with van der Waals surface area (Å²) < 4.78 is 0.680. The molecule has 0 saturated carbocycles. The third kappa shape index (κ3) is 2.39. The Hall–Kier alpha value is -0.740. The Morgan fingerprint density at radius 3 is 3.00 bits per heavy atom. The van der Waals surface area contributed by atoms with Crippen LogP contribution in [0.15, 0.2) is 11.4 Å². The Morgan fingerprint density at radius 2 is 2.50 bits per heavy atom. The maximum Gasteiger partial charge on any atom is 0.239 e. The molecule has 0 spiro atoms. The van der Waals surface area contributed by atoms with Crippen molar-refractivity contribution >= 4 is 34.5 Å². The first kappa shape index (κ1) is 9.35. The van der Waals surface area contributed by atoms with E-state index in [4.69, 9.17) is 11.6 Å². The zero-order chi connectivity index (χ0) is 8.97. The summed E-state index contributed by atoms with van der Waals surface area (Å²) in [5.41, 5.74) is 0.810. The molecule has 0 atom stereocenters. The SMILES string of the molecule is CNC(=O)CNc1ccsc1Cl. The standard InChI is InChI=1S/C7H9ClN2OS/c1-9-6(11)4-10-5-2-3-12-7(5)8/h2-3,10H,4H2,1H3,(H,9,11). The fourth-order valence-corrected chi connectivity index (χ4v) is 1.56. The van der Waals surface area contributed by atoms with Crippen molar-refractivity contribution in [3.05, 3.63) is 15.8 Å². The van der Waals surface area contributed by atoms with Gasteiger partial charge in [0, 0.05) is 7.05 Å². The lowest BCUT2D eigenvalue weighted by Gasteiger charge is -2.02. The van der Waals surface area contributed by atoms with Gasteiger partial charge in [0.1, 0.15) is 4.34 Å². The summed E-state index contributed by atoms with van der Waals surface area (Å²) in [6, 6.07) is 1.84. The van der Waals surface area contributed by atoms with Crippen LogP contribution in [0.2, 0.25) is 4.34 Å². The van der Waals surface area contributed by atoms with Gasteiger partial charge in [-0.3, -0.25) is 4.79 Å². The van der Waals surface area contributed by atoms with Gasteiger partial charge in [-0.05, 0) is 11.4 Å². The lowest BCUT2D eigenvalue weighted by Crippen LogP contribution is -2.26. The molecule has 1 rings (SSSR count). The highest BCUT2D eigenvalue weighted by Crippen LogP contribution is 2.27. The van der Waals surface area contributed by atoms with E-state index in [2.05, 4.69) is 10.6 Å². The van der Waals surface area contributed by atoms with E-state index in [-0.39, 0.29) is 12.5 Å². The second-order valence-corrected chi connectivity index (χ2v) is 3.65. The molecule has 0 fully saturated rings. The van der Waals surface area contributed by atoms with Gasteiger partial charge in [0.15, 0.2) is 0 Å². The number of carbonyl (C=O) groups is 1. The molecule has 1 amide bonds. The minimum absolute atomic E-state index is 0.0581. The van der Waals surface area contributed by atoms with Crippen molar-refractivity contribution in [2.75, 3.05) is 18.9 Å². The normalized spacial score (nSPS) is 9.50. The maximum absolute atomic E-state index is 10.8. The third-order valence-electron chi connectivity index (χ3n) is 1.34. The second kappa shape index (κ2) is 4.33. The number of amides is 1. The Morgan fingerprint density at radius 1 is 1.75 bits per heavy atom. The van der Waals surface area contributed by atoms with E-state index in [1.54, 1.807) is 7.05 Å². The molecule has 0 radical (unpaired) electrons. The average Bonchev–Trinajstić information content (AvgIpc) is 2.47. The molecule has 1 aromatic heterocycles. The first-order chi connectivity index (χ1) is 5.74. The Balaban J connectivity index is 2.43. The summed E-state index contributed by atoms with van der Waals surface area (Å²) in [5.74, 6) is -0.0581. The van der Waals surface area contributed by atoms with E-state index in [1.807, 2.05) is 11.4 Å². The first-order valence-corrected chi connectivity index (χ1v) is 4.67. The molecular formula is C7H9ClN2OS. The minimum Gasteiger partial charge on any atom is -0.374 e. The highest BCUT2D eigenvalue weighted by Gasteiger charge is 2.02. The van der Waals surface area contributed by atoms with Gasteiger partial charge in [-0.1, -0.05) is 11.6 Å². The van der Waals surface area contributed by atoms with Gasteiger partial charge in [0.2, 0.25) is 5.91 Å². The largest absolute Gasteiger partial charge is 0.374 e. The second-order valence-electron chi connectivity index (χ2n) is 2.13. The molecule has 3 nitrogen and oxygen atoms in total. The van der Waals surface area contributed by atoms with Crippen LogP contribution in [0.5, 0.6) is 0 Å². The van der Waals surface area contributed by atoms with Crippen LogP contribution in [0.3, 0.4) is 0 Å². The van der Waals surface area contributed by atoms with Crippen LogP contribution in [-0.4, -0.2) is 19.5 Å². The first-order valence-electron chi connectivity index (χ1n) is 3.41. The van der Waals surface area contributed by atoms with Gasteiger partial charge in [-0.15, -0.1) is 11.3 Å². The molecule has 1 aromatic rings. The quantitative estimate of drug-likeness (QED) is 0.785. The van der Waals surface area contributed by atoms with E-state index in [0.29, 0.717) is 4.34 Å². The molecular weight excluding hydrogens is 196 g/mol. The van der Waals surface area contributed by atoms with Crippen LogP contribution >= 0.6 is 22.9 Å². The number of halogens is 1. The molecule has 0 unspecified atom stereocenters. The molecule has 0 aromatic carbocycles. The number of carbonyl (C=O) groups excluding carboxylic acids is 1. The molecule has 2 N–H and O–H groups in total. The smallest absolute Gasteiger partial charge is 0.239 e. The highest BCUT2D eigenvalue weighted by atomic mass is 35.5. The monoisotopic (exact) mass is 204 g/mol. The number of anilines is 1. The summed E-state index contributed by atoms with van der Waals surface area (Å²) in [6.07, 6.45) is 0. The summed E-state index contributed by atoms with van der Waals surface area (Å²) in [7, 11) is 1.60. The average molecular weight is 205 g/mol. The van der Waals surface area contributed by atoms with Gasteiger partial charge < -0.3 is 10.6 Å². The summed E-state index contributed by atoms with van der Waals surface area (Å²) in [5, 5.41) is 7.29. The zero-order valence-electron chi connectivity index (χ0n) is 6.56. The van der Waals surface area contributed by atoms with Crippen molar-refractivity contribution in [2.45, 2.75) is 0 Å². The third-order valence-corrected chi connectivity index (χ3v) is 2.51. The fraction of sp³-hybridized carbons (Fsp3) is 0.286. The van der Waals surface area contributed by atoms with Gasteiger partial charge in [0.05, 0.1) is 12.2 Å². The molecule has 12 heavy (non-hydrogen) atoms. The number of likely N-dealkylation sites (N-methyl/N-ethyl adjacent to an activating group) is 1. The summed E-state index contributed by atoms with van der Waals surface area (Å²) >= 11 is 7.23. The number of hydrogen-bond acceptors (Lipinski definition) is 3. The van der Waals surface area contributed by atoms with E-state index in [9.17, 15) is 4.79 Å². The Labute approximate surface area is 79.7 Å². The van der Waals surface area contributed by atoms with Crippen molar-refractivity contribution in [1.29, 1.82) is 0 Å². The van der Waals surface area contributed by atoms with Crippen molar-refractivity contribution < 1.29 is 4.79 Å². The molecule has 66 valence electrons. The topological polar surface area (TPSA) is 41.1 Å². The van der Waals surface area contributed by atoms with Gasteiger partial charge in [-0.25, -0.2) is 0 Å². The zero-order valence-corrected chi connectivity index (χ0v) is 8.13. The van der Waals surface area contributed by atoms with E-state index >= 15 is 0 Å². The molecule has 0 aliphatic carbocycles. The molecule has 0 aliphatic rings. The number of nitrogens with one attached hydrogen (secondary N) is 2. The van der Waals surface area contributed by atoms with Crippen LogP contribution in [0.1, 0.15) is 0 Å². The summed E-state index contributed by atoms with van der Waals surface area (Å²) in [4.78, 5) is 10.8. The molecule has 0 bridgehead atoms. The molecule has 5 heteroatoms. The molecule has 0 saturated heterocycles. The number of hydrogen-bond donors (Lipinski definition) is 2. The molecule has 0 aliphatic heterocycles. The van der Waals surface area contributed by atoms with Crippen molar-refractivity contribution in [3.63, 3.8) is 0 Å². The predicted octanol–water partition coefficient (Wildman–Crippen LogP) is 1.56. The van der Waals surface area contributed by atoms with Gasteiger partial charge >= 0.3 is 0 Å². The minimum atomic E-state index is -0.0581. The molecule has 1 heterocycles. The maximum atomic E-state index is 10.8. The van der Waals surface area contributed by atoms with Crippen molar-refractivity contribution in [3.8, 4) is 0 Å². The fourth-order valence-electron chi connectivity index (χ4n) is 0.683. The van der Waals surface area contributed by atoms with Crippen LogP contribution in [0, 0.1) is 0 Å². The summed E-state index contributed by atoms with van der Waals surface area (Å²) in [6.45, 7) is 0.257. The predicted molar refractivity (Wildman–Crippen MR) is 51.9 cm³/mol. The number of thiophene rings is 1. The van der Waals surface area contributed by atoms with Crippen LogP contribution in [-0.2, 0) is 4.79 Å². The van der Waals surface area contributed by atoms with Crippen LogP contribution in [0.25, 0.3) is 0 Å². The van der Waals surface area contributed by atoms with Gasteiger partial charge in [-0.2, -0.15) is 0 Å². The van der Waals surface area contributed by atoms with Crippen LogP contribution < -0.4 is 10.6 Å². The van der Waals surface area contributed by atoms with Crippen molar-refractivity contribution in [1.82, 2.24) is 5.32 Å². The Bertz CT molecular complexity index is 274. The lowest BCUT2D eigenvalue weighted by atomic mass is 10.5. The van der Waals surface area contributed by atoms with E-state index in [1.165, 1.54) is 11.3 Å². The Kier molecular flexibility index (Phi) is 3.37. The van der Waals surface area contributed by atoms with E-state index < -0.39 is 0 Å². The van der Waals surface area contributed by atoms with Crippen molar-refractivity contribution in [2.24, 2.45) is 0 Å². The van der Waals surface area contributed by atoms with E-state index in [0.717, 1.165) is 5.69 Å². The lowest BCUT2D eigenvalue weighted by molar-refractivity contribution is -0.118. The highest BCUT2D eigenvalue weighted by molar-refractivity contribution is 7.15. The van der Waals surface area contributed by atoms with Crippen LogP contribution in [0.4, 0.5) is 5.69 Å². The number of rotatable bonds is 3.